The molecule has 25 heavy (non-hydrogen) atoms. The quantitative estimate of drug-likeness (QED) is 0.295. The van der Waals surface area contributed by atoms with Crippen molar-refractivity contribution >= 4 is 11.5 Å². The summed E-state index contributed by atoms with van der Waals surface area (Å²) in [6.45, 7) is -0.315. The van der Waals surface area contributed by atoms with Crippen molar-refractivity contribution in [3.63, 3.8) is 0 Å². The molecule has 0 N–H and O–H groups in total. The maximum Gasteiger partial charge on any atom is 0.416 e. The Morgan fingerprint density at radius 2 is 1.84 bits per heavy atom. The first-order chi connectivity index (χ1) is 11.2. The summed E-state index contributed by atoms with van der Waals surface area (Å²) in [5, 5.41) is 19.5. The van der Waals surface area contributed by atoms with E-state index in [9.17, 15) is 28.1 Å². The molecule has 0 spiro atoms. The Kier molecular flexibility index (Phi) is 6.36. The lowest BCUT2D eigenvalue weighted by molar-refractivity contribution is -0.683. The van der Waals surface area contributed by atoms with E-state index in [0.29, 0.717) is 17.7 Å². The molecule has 1 heterocycles. The Hall–Kier alpha value is -2.80. The van der Waals surface area contributed by atoms with Gasteiger partial charge in [0, 0.05) is 29.8 Å². The summed E-state index contributed by atoms with van der Waals surface area (Å²) < 4.78 is 39.8. The molecule has 1 aromatic carbocycles. The number of non-ortho nitro benzene ring substituents is 1. The summed E-state index contributed by atoms with van der Waals surface area (Å²) in [6.07, 6.45) is -1.97. The van der Waals surface area contributed by atoms with Gasteiger partial charge in [0.05, 0.1) is 22.1 Å². The van der Waals surface area contributed by atoms with Crippen LogP contribution in [0.15, 0.2) is 42.7 Å². The Morgan fingerprint density at radius 3 is 2.32 bits per heavy atom. The molecule has 10 heteroatoms. The molecule has 0 aliphatic rings. The maximum absolute atomic E-state index is 12.8. The molecular weight excluding hydrogens is 407 g/mol. The van der Waals surface area contributed by atoms with Crippen LogP contribution in [0, 0.1) is 21.4 Å². The van der Waals surface area contributed by atoms with E-state index in [1.54, 1.807) is 0 Å². The lowest BCUT2D eigenvalue weighted by Gasteiger charge is -2.08. The minimum absolute atomic E-state index is 0. The number of nitrogens with zero attached hydrogens (tertiary/aromatic N) is 3. The predicted molar refractivity (Wildman–Crippen MR) is 73.8 cm³/mol. The van der Waals surface area contributed by atoms with Crippen molar-refractivity contribution in [3.8, 4) is 6.07 Å². The highest BCUT2D eigenvalue weighted by Gasteiger charge is 2.33. The fourth-order valence-electron chi connectivity index (χ4n) is 1.94. The fourth-order valence-corrected chi connectivity index (χ4v) is 1.94. The van der Waals surface area contributed by atoms with Gasteiger partial charge in [-0.2, -0.15) is 23.0 Å². The monoisotopic (exact) mass is 415 g/mol. The molecule has 0 radical (unpaired) electrons. The van der Waals surface area contributed by atoms with E-state index in [1.807, 2.05) is 6.07 Å². The standard InChI is InChI=1S/C15H9F3N3O3.BrH/c16-15(17,18)12-5-11(6-13(7-12)21(23)24)14(22)9-20-3-1-10(8-19)2-4-20;/h1-7H,9H2;1H/q+1;/p-1. The van der Waals surface area contributed by atoms with Crippen molar-refractivity contribution in [2.75, 3.05) is 0 Å². The number of hydrogen-bond acceptors (Lipinski definition) is 4. The first-order valence-corrected chi connectivity index (χ1v) is 6.50. The lowest BCUT2D eigenvalue weighted by Crippen LogP contribution is -3.00. The molecule has 0 aliphatic heterocycles. The van der Waals surface area contributed by atoms with Crippen LogP contribution in [0.25, 0.3) is 0 Å². The molecule has 130 valence electrons. The Balaban J connectivity index is 0.00000312. The molecule has 0 unspecified atom stereocenters. The fraction of sp³-hybridized carbons (Fsp3) is 0.133. The first-order valence-electron chi connectivity index (χ1n) is 6.50. The largest absolute Gasteiger partial charge is 1.00 e. The van der Waals surface area contributed by atoms with Crippen LogP contribution in [0.3, 0.4) is 0 Å². The lowest BCUT2D eigenvalue weighted by atomic mass is 10.1. The zero-order valence-corrected chi connectivity index (χ0v) is 13.9. The third kappa shape index (κ3) is 5.09. The number of aromatic nitrogens is 1. The van der Waals surface area contributed by atoms with Gasteiger partial charge in [0.1, 0.15) is 0 Å². The van der Waals surface area contributed by atoms with E-state index in [2.05, 4.69) is 0 Å². The van der Waals surface area contributed by atoms with E-state index in [1.165, 1.54) is 29.1 Å². The van der Waals surface area contributed by atoms with Gasteiger partial charge in [0.25, 0.3) is 5.69 Å². The van der Waals surface area contributed by atoms with Gasteiger partial charge in [-0.3, -0.25) is 14.9 Å². The highest BCUT2D eigenvalue weighted by atomic mass is 79.9. The normalized spacial score (nSPS) is 10.5. The van der Waals surface area contributed by atoms with Crippen LogP contribution in [0.5, 0.6) is 0 Å². The van der Waals surface area contributed by atoms with Crippen LogP contribution < -0.4 is 21.5 Å². The maximum atomic E-state index is 12.8. The van der Waals surface area contributed by atoms with Crippen molar-refractivity contribution in [1.29, 1.82) is 5.26 Å². The van der Waals surface area contributed by atoms with Gasteiger partial charge in [-0.15, -0.1) is 0 Å². The number of carbonyl (C=O) groups is 1. The summed E-state index contributed by atoms with van der Waals surface area (Å²) in [6, 6.07) is 6.52. The molecule has 0 fully saturated rings. The van der Waals surface area contributed by atoms with Crippen LogP contribution in [-0.4, -0.2) is 10.7 Å². The minimum Gasteiger partial charge on any atom is -1.00 e. The molecule has 0 atom stereocenters. The molecule has 6 nitrogen and oxygen atoms in total. The summed E-state index contributed by atoms with van der Waals surface area (Å²) in [7, 11) is 0. The van der Waals surface area contributed by atoms with E-state index < -0.39 is 33.7 Å². The number of nitro benzene ring substituents is 1. The number of halogens is 4. The predicted octanol–water partition coefficient (Wildman–Crippen LogP) is -0.340. The topological polar surface area (TPSA) is 87.9 Å². The second-order valence-electron chi connectivity index (χ2n) is 4.82. The van der Waals surface area contributed by atoms with Crippen LogP contribution >= 0.6 is 0 Å². The van der Waals surface area contributed by atoms with Crippen LogP contribution in [0.2, 0.25) is 0 Å². The Morgan fingerprint density at radius 1 is 1.24 bits per heavy atom. The molecule has 2 aromatic rings. The van der Waals surface area contributed by atoms with Gasteiger partial charge in [-0.1, -0.05) is 0 Å². The van der Waals surface area contributed by atoms with E-state index in [-0.39, 0.29) is 23.5 Å². The third-order valence-electron chi connectivity index (χ3n) is 3.12. The van der Waals surface area contributed by atoms with E-state index >= 15 is 0 Å². The zero-order valence-electron chi connectivity index (χ0n) is 12.3. The highest BCUT2D eigenvalue weighted by molar-refractivity contribution is 5.95. The zero-order chi connectivity index (χ0) is 17.9. The summed E-state index contributed by atoms with van der Waals surface area (Å²) >= 11 is 0. The van der Waals surface area contributed by atoms with Crippen molar-refractivity contribution in [2.24, 2.45) is 0 Å². The number of nitriles is 1. The average Bonchev–Trinajstić information content (AvgIpc) is 2.54. The number of nitro groups is 1. The number of alkyl halides is 3. The van der Waals surface area contributed by atoms with Gasteiger partial charge in [-0.25, -0.2) is 0 Å². The molecule has 0 saturated carbocycles. The number of hydrogen-bond donors (Lipinski definition) is 0. The molecule has 0 amide bonds. The average molecular weight is 416 g/mol. The second-order valence-corrected chi connectivity index (χ2v) is 4.82. The molecular formula is C15H9BrF3N3O3. The first kappa shape index (κ1) is 20.2. The van der Waals surface area contributed by atoms with Crippen molar-refractivity contribution in [2.45, 2.75) is 12.7 Å². The molecule has 2 rings (SSSR count). The Labute approximate surface area is 150 Å². The molecule has 0 saturated heterocycles. The van der Waals surface area contributed by atoms with Gasteiger partial charge < -0.3 is 17.0 Å². The molecule has 0 aliphatic carbocycles. The van der Waals surface area contributed by atoms with Crippen molar-refractivity contribution in [1.82, 2.24) is 0 Å². The number of pyridine rings is 1. The summed E-state index contributed by atoms with van der Waals surface area (Å²) in [5.41, 5.74) is -2.12. The number of ketones is 1. The van der Waals surface area contributed by atoms with E-state index in [4.69, 9.17) is 5.26 Å². The number of rotatable bonds is 4. The molecule has 1 aromatic heterocycles. The third-order valence-corrected chi connectivity index (χ3v) is 3.12. The Bertz CT molecular complexity index is 846. The number of Topliss-reactive ketones (excluding diaryl/α,β-unsaturated/α-hetero) is 1. The van der Waals surface area contributed by atoms with Gasteiger partial charge >= 0.3 is 6.18 Å². The van der Waals surface area contributed by atoms with Gasteiger partial charge in [0.2, 0.25) is 12.3 Å². The summed E-state index contributed by atoms with van der Waals surface area (Å²) in [4.78, 5) is 21.9. The van der Waals surface area contributed by atoms with Crippen LogP contribution in [-0.2, 0) is 12.7 Å². The second kappa shape index (κ2) is 7.85. The SMILES string of the molecule is N#Cc1cc[n+](CC(=O)c2cc([N+](=O)[O-])cc(C(F)(F)F)c2)cc1.[Br-]. The van der Waals surface area contributed by atoms with Crippen molar-refractivity contribution < 1.29 is 44.4 Å². The van der Waals surface area contributed by atoms with Crippen LogP contribution in [0.4, 0.5) is 18.9 Å². The van der Waals surface area contributed by atoms with Crippen molar-refractivity contribution in [3.05, 3.63) is 69.5 Å². The summed E-state index contributed by atoms with van der Waals surface area (Å²) in [5.74, 6) is -0.723. The van der Waals surface area contributed by atoms with Crippen LogP contribution in [0.1, 0.15) is 21.5 Å². The highest BCUT2D eigenvalue weighted by Crippen LogP contribution is 2.32. The van der Waals surface area contributed by atoms with Gasteiger partial charge in [0.15, 0.2) is 12.4 Å². The van der Waals surface area contributed by atoms with Gasteiger partial charge in [-0.05, 0) is 6.07 Å². The molecule has 0 bridgehead atoms. The minimum atomic E-state index is -4.80. The smallest absolute Gasteiger partial charge is 0.416 e. The van der Waals surface area contributed by atoms with E-state index in [0.717, 1.165) is 6.07 Å². The number of carbonyl (C=O) groups excluding carboxylic acids is 1. The number of benzene rings is 1.